The molecular weight excluding hydrogens is 795 g/mol. The number of aromatic nitrogens is 1. The van der Waals surface area contributed by atoms with Gasteiger partial charge in [0.15, 0.2) is 5.78 Å². The number of fused-ring (bicyclic) bond motifs is 1. The molecule has 4 aromatic rings. The van der Waals surface area contributed by atoms with Gasteiger partial charge in [0, 0.05) is 31.1 Å². The largest absolute Gasteiger partial charge is 0.398 e. The molecule has 5 atom stereocenters. The molecule has 0 spiro atoms. The van der Waals surface area contributed by atoms with Gasteiger partial charge in [0.2, 0.25) is 23.6 Å². The molecule has 3 aromatic carbocycles. The van der Waals surface area contributed by atoms with Crippen molar-refractivity contribution in [2.45, 2.75) is 134 Å². The number of carbonyl (C=O) groups is 5. The van der Waals surface area contributed by atoms with Crippen molar-refractivity contribution >= 4 is 48.1 Å². The normalized spacial score (nSPS) is 21.8. The van der Waals surface area contributed by atoms with Crippen LogP contribution in [0.1, 0.15) is 98.5 Å². The van der Waals surface area contributed by atoms with Gasteiger partial charge in [0.25, 0.3) is 8.32 Å². The van der Waals surface area contributed by atoms with Crippen LogP contribution in [0.15, 0.2) is 109 Å². The molecule has 6 rings (SSSR count). The number of Topliss-reactive ketones (excluding diaryl/α,β-unsaturated/α-hetero) is 1. The lowest BCUT2D eigenvalue weighted by Crippen LogP contribution is -2.68. The van der Waals surface area contributed by atoms with Crippen LogP contribution in [-0.2, 0) is 34.8 Å². The van der Waals surface area contributed by atoms with Crippen LogP contribution in [0.5, 0.6) is 0 Å². The van der Waals surface area contributed by atoms with E-state index in [1.54, 1.807) is 24.9 Å². The SMILES string of the molecule is CC[C@]1(C)NC(=O)[C@H](CCCCCC(=O)[C@H](C)O[Si](c2ccccc2)(c2ccccc2)C(C)(C)C)NC(=O)[C@H]2CCCN2C(=O)[C@H](Cc2ccc(-c3ccccn3)cc2)NC1=O. The van der Waals surface area contributed by atoms with Crippen molar-refractivity contribution in [1.29, 1.82) is 0 Å². The summed E-state index contributed by atoms with van der Waals surface area (Å²) in [5.74, 6) is -1.62. The van der Waals surface area contributed by atoms with Crippen LogP contribution in [0.4, 0.5) is 0 Å². The molecule has 328 valence electrons. The summed E-state index contributed by atoms with van der Waals surface area (Å²) in [6.07, 6.45) is 5.04. The van der Waals surface area contributed by atoms with Crippen molar-refractivity contribution in [3.8, 4) is 11.3 Å². The third-order valence-corrected chi connectivity index (χ3v) is 17.8. The summed E-state index contributed by atoms with van der Waals surface area (Å²) < 4.78 is 7.04. The highest BCUT2D eigenvalue weighted by atomic mass is 28.4. The van der Waals surface area contributed by atoms with Gasteiger partial charge in [-0.2, -0.15) is 0 Å². The van der Waals surface area contributed by atoms with E-state index >= 15 is 0 Å². The summed E-state index contributed by atoms with van der Waals surface area (Å²) >= 11 is 0. The van der Waals surface area contributed by atoms with Crippen molar-refractivity contribution in [2.24, 2.45) is 0 Å². The second-order valence-electron chi connectivity index (χ2n) is 18.1. The van der Waals surface area contributed by atoms with Gasteiger partial charge in [0.05, 0.1) is 5.69 Å². The molecule has 12 heteroatoms. The zero-order chi connectivity index (χ0) is 44.5. The Bertz CT molecular complexity index is 2130. The Morgan fingerprint density at radius 1 is 0.839 bits per heavy atom. The molecular formula is C50H63N5O6Si. The third kappa shape index (κ3) is 10.4. The van der Waals surface area contributed by atoms with E-state index in [9.17, 15) is 24.0 Å². The maximum absolute atomic E-state index is 14.3. The van der Waals surface area contributed by atoms with Crippen LogP contribution >= 0.6 is 0 Å². The minimum atomic E-state index is -2.92. The highest BCUT2D eigenvalue weighted by Crippen LogP contribution is 2.38. The molecule has 2 saturated heterocycles. The van der Waals surface area contributed by atoms with E-state index in [0.29, 0.717) is 51.5 Å². The predicted molar refractivity (Wildman–Crippen MR) is 245 cm³/mol. The number of pyridine rings is 1. The number of nitrogens with one attached hydrogen (secondary N) is 3. The van der Waals surface area contributed by atoms with Gasteiger partial charge >= 0.3 is 0 Å². The van der Waals surface area contributed by atoms with Crippen molar-refractivity contribution in [3.05, 3.63) is 115 Å². The number of unbranched alkanes of at least 4 members (excludes halogenated alkanes) is 2. The zero-order valence-corrected chi connectivity index (χ0v) is 38.1. The number of ketones is 1. The van der Waals surface area contributed by atoms with Crippen molar-refractivity contribution in [3.63, 3.8) is 0 Å². The predicted octanol–water partition coefficient (Wildman–Crippen LogP) is 6.03. The fourth-order valence-corrected chi connectivity index (χ4v) is 13.5. The molecule has 4 amide bonds. The van der Waals surface area contributed by atoms with Gasteiger partial charge in [-0.3, -0.25) is 29.0 Å². The molecule has 2 fully saturated rings. The van der Waals surface area contributed by atoms with E-state index in [4.69, 9.17) is 4.43 Å². The quantitative estimate of drug-likeness (QED) is 0.0978. The monoisotopic (exact) mass is 857 g/mol. The summed E-state index contributed by atoms with van der Waals surface area (Å²) in [7, 11) is -2.92. The molecule has 0 saturated carbocycles. The molecule has 62 heavy (non-hydrogen) atoms. The Kier molecular flexibility index (Phi) is 15.0. The molecule has 3 heterocycles. The number of hydrogen-bond acceptors (Lipinski definition) is 7. The van der Waals surface area contributed by atoms with Crippen LogP contribution in [0.2, 0.25) is 5.04 Å². The molecule has 0 unspecified atom stereocenters. The third-order valence-electron chi connectivity index (χ3n) is 12.7. The lowest BCUT2D eigenvalue weighted by Gasteiger charge is -2.44. The van der Waals surface area contributed by atoms with Crippen LogP contribution < -0.4 is 26.3 Å². The van der Waals surface area contributed by atoms with Gasteiger partial charge in [-0.25, -0.2) is 0 Å². The summed E-state index contributed by atoms with van der Waals surface area (Å²) in [4.78, 5) is 76.1. The summed E-state index contributed by atoms with van der Waals surface area (Å²) in [6, 6.07) is 31.3. The first-order chi connectivity index (χ1) is 29.7. The zero-order valence-electron chi connectivity index (χ0n) is 37.1. The molecule has 3 N–H and O–H groups in total. The Morgan fingerprint density at radius 3 is 2.08 bits per heavy atom. The summed E-state index contributed by atoms with van der Waals surface area (Å²) in [6.45, 7) is 12.2. The highest BCUT2D eigenvalue weighted by Gasteiger charge is 2.51. The number of rotatable bonds is 15. The van der Waals surface area contributed by atoms with Crippen molar-refractivity contribution in [2.75, 3.05) is 6.54 Å². The average molecular weight is 858 g/mol. The second-order valence-corrected chi connectivity index (χ2v) is 22.3. The van der Waals surface area contributed by atoms with E-state index in [1.165, 1.54) is 0 Å². The first-order valence-corrected chi connectivity index (χ1v) is 24.1. The minimum Gasteiger partial charge on any atom is -0.398 e. The van der Waals surface area contributed by atoms with Crippen LogP contribution in [0.3, 0.4) is 0 Å². The molecule has 2 aliphatic rings. The van der Waals surface area contributed by atoms with Crippen LogP contribution in [-0.4, -0.2) is 83.9 Å². The van der Waals surface area contributed by atoms with Gasteiger partial charge in [-0.15, -0.1) is 0 Å². The Balaban J connectivity index is 1.11. The topological polar surface area (TPSA) is 147 Å². The number of amides is 4. The van der Waals surface area contributed by atoms with E-state index in [1.807, 2.05) is 85.8 Å². The second kappa shape index (κ2) is 20.2. The smallest absolute Gasteiger partial charge is 0.262 e. The fraction of sp³-hybridized carbons (Fsp3) is 0.440. The van der Waals surface area contributed by atoms with E-state index in [-0.39, 0.29) is 35.5 Å². The van der Waals surface area contributed by atoms with Crippen LogP contribution in [0, 0.1) is 0 Å². The fourth-order valence-electron chi connectivity index (χ4n) is 8.85. The average Bonchev–Trinajstić information content (AvgIpc) is 3.78. The van der Waals surface area contributed by atoms with Crippen molar-refractivity contribution in [1.82, 2.24) is 25.8 Å². The Morgan fingerprint density at radius 2 is 1.48 bits per heavy atom. The van der Waals surface area contributed by atoms with Gasteiger partial charge in [-0.1, -0.05) is 132 Å². The number of hydrogen-bond donors (Lipinski definition) is 3. The van der Waals surface area contributed by atoms with Crippen LogP contribution in [0.25, 0.3) is 11.3 Å². The molecule has 0 aliphatic carbocycles. The number of benzene rings is 3. The maximum Gasteiger partial charge on any atom is 0.262 e. The van der Waals surface area contributed by atoms with Gasteiger partial charge in [0.1, 0.15) is 29.8 Å². The maximum atomic E-state index is 14.3. The summed E-state index contributed by atoms with van der Waals surface area (Å²) in [5.41, 5.74) is 1.24. The molecule has 1 aromatic heterocycles. The van der Waals surface area contributed by atoms with E-state index < -0.39 is 49.9 Å². The highest BCUT2D eigenvalue weighted by molar-refractivity contribution is 6.99. The Hall–Kier alpha value is -5.46. The molecule has 0 bridgehead atoms. The number of carbonyl (C=O) groups excluding carboxylic acids is 5. The Labute approximate surface area is 367 Å². The first kappa shape index (κ1) is 46.0. The number of nitrogens with zero attached hydrogens (tertiary/aromatic N) is 2. The van der Waals surface area contributed by atoms with Crippen molar-refractivity contribution < 1.29 is 28.4 Å². The molecule has 0 radical (unpaired) electrons. The first-order valence-electron chi connectivity index (χ1n) is 22.2. The van der Waals surface area contributed by atoms with Gasteiger partial charge in [-0.05, 0) is 79.1 Å². The molecule has 2 aliphatic heterocycles. The lowest BCUT2D eigenvalue weighted by molar-refractivity contribution is -0.144. The lowest BCUT2D eigenvalue weighted by atomic mass is 9.94. The molecule has 11 nitrogen and oxygen atoms in total. The summed E-state index contributed by atoms with van der Waals surface area (Å²) in [5, 5.41) is 10.8. The van der Waals surface area contributed by atoms with Gasteiger partial charge < -0.3 is 25.3 Å². The van der Waals surface area contributed by atoms with E-state index in [0.717, 1.165) is 27.2 Å². The van der Waals surface area contributed by atoms with E-state index in [2.05, 4.69) is 66.0 Å². The standard InChI is InChI=1S/C50H63N5O6Si/c1-7-50(6)48(60)53-42(34-36-28-30-37(31-29-36)40-24-17-18-32-51-40)47(59)55-33-19-26-43(55)46(58)52-41(45(57)54-50)25-15-10-16-27-44(56)35(2)61-62(49(3,4)5,38-20-11-8-12-21-38)39-22-13-9-14-23-39/h8-9,11-14,17-18,20-24,28-32,35,41-43H,7,10,15-16,19,25-27,33-34H2,1-6H3,(H,52,58)(H,53,60)(H,54,57)/t35-,41-,42-,43+,50-/m0/s1. The minimum absolute atomic E-state index is 0.0190.